The average molecular weight is 237 g/mol. The predicted octanol–water partition coefficient (Wildman–Crippen LogP) is 2.40. The molecule has 2 aromatic heterocycles. The van der Waals surface area contributed by atoms with Gasteiger partial charge in [0.2, 0.25) is 0 Å². The number of ether oxygens (including phenoxy) is 1. The van der Waals surface area contributed by atoms with Gasteiger partial charge < -0.3 is 9.14 Å². The molecule has 0 saturated heterocycles. The molecule has 1 aromatic carbocycles. The Bertz CT molecular complexity index is 845. The number of pyridine rings is 1. The van der Waals surface area contributed by atoms with Crippen molar-refractivity contribution in [1.29, 1.82) is 0 Å². The van der Waals surface area contributed by atoms with E-state index in [0.29, 0.717) is 11.1 Å². The van der Waals surface area contributed by atoms with Gasteiger partial charge in [-0.05, 0) is 11.5 Å². The minimum atomic E-state index is -0.567. The molecule has 4 nitrogen and oxygen atoms in total. The second-order valence-electron chi connectivity index (χ2n) is 4.25. The summed E-state index contributed by atoms with van der Waals surface area (Å²) in [5.74, 6) is -1.13. The van der Waals surface area contributed by atoms with Crippen LogP contribution in [0.1, 0.15) is 20.7 Å². The van der Waals surface area contributed by atoms with Crippen LogP contribution in [0.3, 0.4) is 0 Å². The molecule has 4 heteroatoms. The van der Waals surface area contributed by atoms with Crippen LogP contribution in [-0.2, 0) is 4.74 Å². The first-order valence-electron chi connectivity index (χ1n) is 5.54. The Labute approximate surface area is 101 Å². The molecule has 0 aliphatic carbocycles. The molecule has 0 bridgehead atoms. The van der Waals surface area contributed by atoms with Crippen LogP contribution in [0.15, 0.2) is 42.7 Å². The highest BCUT2D eigenvalue weighted by molar-refractivity contribution is 6.21. The van der Waals surface area contributed by atoms with E-state index in [1.165, 1.54) is 0 Å². The number of cyclic esters (lactones) is 2. The molecule has 0 atom stereocenters. The van der Waals surface area contributed by atoms with Crippen LogP contribution in [-0.4, -0.2) is 16.3 Å². The van der Waals surface area contributed by atoms with Gasteiger partial charge in [-0.3, -0.25) is 0 Å². The molecule has 18 heavy (non-hydrogen) atoms. The van der Waals surface area contributed by atoms with E-state index < -0.39 is 11.9 Å². The second-order valence-corrected chi connectivity index (χ2v) is 4.25. The Morgan fingerprint density at radius 3 is 2.72 bits per heavy atom. The van der Waals surface area contributed by atoms with Gasteiger partial charge in [-0.25, -0.2) is 9.59 Å². The second kappa shape index (κ2) is 2.98. The summed E-state index contributed by atoms with van der Waals surface area (Å²) in [6, 6.07) is 9.69. The van der Waals surface area contributed by atoms with E-state index in [2.05, 4.69) is 4.74 Å². The van der Waals surface area contributed by atoms with E-state index in [-0.39, 0.29) is 0 Å². The first kappa shape index (κ1) is 9.41. The van der Waals surface area contributed by atoms with E-state index in [1.54, 1.807) is 10.6 Å². The quantitative estimate of drug-likeness (QED) is 0.445. The lowest BCUT2D eigenvalue weighted by atomic mass is 10.1. The Morgan fingerprint density at radius 2 is 1.83 bits per heavy atom. The maximum absolute atomic E-state index is 11.7. The molecule has 0 N–H and O–H groups in total. The SMILES string of the molecule is O=C1OC(=O)c2c1cn1ccc3ccccc3c21. The molecule has 0 amide bonds. The molecular formula is C14H7NO3. The number of rotatable bonds is 0. The topological polar surface area (TPSA) is 47.8 Å². The zero-order valence-electron chi connectivity index (χ0n) is 9.21. The van der Waals surface area contributed by atoms with E-state index >= 15 is 0 Å². The minimum Gasteiger partial charge on any atom is -0.386 e. The first-order valence-corrected chi connectivity index (χ1v) is 5.54. The summed E-state index contributed by atoms with van der Waals surface area (Å²) < 4.78 is 6.43. The lowest BCUT2D eigenvalue weighted by Gasteiger charge is -2.02. The number of fused-ring (bicyclic) bond motifs is 5. The lowest BCUT2D eigenvalue weighted by Crippen LogP contribution is -2.00. The summed E-state index contributed by atoms with van der Waals surface area (Å²) in [5, 5.41) is 1.96. The van der Waals surface area contributed by atoms with Crippen molar-refractivity contribution in [2.45, 2.75) is 0 Å². The van der Waals surface area contributed by atoms with Crippen molar-refractivity contribution in [3.05, 3.63) is 53.9 Å². The number of aromatic nitrogens is 1. The highest BCUT2D eigenvalue weighted by atomic mass is 16.6. The summed E-state index contributed by atoms with van der Waals surface area (Å²) >= 11 is 0. The van der Waals surface area contributed by atoms with Crippen LogP contribution in [0, 0.1) is 0 Å². The maximum atomic E-state index is 11.7. The van der Waals surface area contributed by atoms with Crippen LogP contribution >= 0.6 is 0 Å². The number of hydrogen-bond donors (Lipinski definition) is 0. The van der Waals surface area contributed by atoms with Crippen molar-refractivity contribution in [2.24, 2.45) is 0 Å². The fraction of sp³-hybridized carbons (Fsp3) is 0. The molecule has 0 unspecified atom stereocenters. The van der Waals surface area contributed by atoms with E-state index in [4.69, 9.17) is 0 Å². The number of carbonyl (C=O) groups excluding carboxylic acids is 2. The fourth-order valence-corrected chi connectivity index (χ4v) is 2.49. The van der Waals surface area contributed by atoms with Crippen LogP contribution < -0.4 is 0 Å². The van der Waals surface area contributed by atoms with E-state index in [0.717, 1.165) is 16.3 Å². The van der Waals surface area contributed by atoms with Gasteiger partial charge >= 0.3 is 11.9 Å². The van der Waals surface area contributed by atoms with E-state index in [1.807, 2.05) is 36.5 Å². The molecule has 0 radical (unpaired) electrons. The number of nitrogens with zero attached hydrogens (tertiary/aromatic N) is 1. The minimum absolute atomic E-state index is 0.344. The fourth-order valence-electron chi connectivity index (χ4n) is 2.49. The third kappa shape index (κ3) is 0.996. The number of benzene rings is 1. The average Bonchev–Trinajstić information content (AvgIpc) is 2.89. The Kier molecular flexibility index (Phi) is 1.56. The number of carbonyl (C=O) groups is 2. The molecule has 86 valence electrons. The van der Waals surface area contributed by atoms with Crippen LogP contribution in [0.5, 0.6) is 0 Å². The van der Waals surface area contributed by atoms with Gasteiger partial charge in [0.15, 0.2) is 0 Å². The molecule has 1 aliphatic rings. The normalized spacial score (nSPS) is 14.2. The van der Waals surface area contributed by atoms with Crippen molar-refractivity contribution in [3.8, 4) is 0 Å². The van der Waals surface area contributed by atoms with Gasteiger partial charge in [0.1, 0.15) is 5.56 Å². The standard InChI is InChI=1S/C14H7NO3/c16-13-10-7-15-6-5-8-3-1-2-4-9(8)12(15)11(10)14(17)18-13/h1-7H. The van der Waals surface area contributed by atoms with Crippen LogP contribution in [0.2, 0.25) is 0 Å². The van der Waals surface area contributed by atoms with Crippen LogP contribution in [0.4, 0.5) is 0 Å². The smallest absolute Gasteiger partial charge is 0.349 e. The van der Waals surface area contributed by atoms with Gasteiger partial charge in [-0.15, -0.1) is 0 Å². The summed E-state index contributed by atoms with van der Waals surface area (Å²) in [5.41, 5.74) is 1.45. The van der Waals surface area contributed by atoms with Crippen LogP contribution in [0.25, 0.3) is 16.3 Å². The molecule has 3 aromatic rings. The van der Waals surface area contributed by atoms with Gasteiger partial charge in [0.25, 0.3) is 0 Å². The largest absolute Gasteiger partial charge is 0.386 e. The summed E-state index contributed by atoms with van der Waals surface area (Å²) in [6.45, 7) is 0. The Balaban J connectivity index is 2.29. The molecule has 0 spiro atoms. The zero-order chi connectivity index (χ0) is 12.3. The molecule has 0 fully saturated rings. The Hall–Kier alpha value is -2.62. The van der Waals surface area contributed by atoms with Crippen molar-refractivity contribution in [1.82, 2.24) is 4.40 Å². The molecule has 3 heterocycles. The third-order valence-electron chi connectivity index (χ3n) is 3.27. The highest BCUT2D eigenvalue weighted by Crippen LogP contribution is 2.31. The van der Waals surface area contributed by atoms with Crippen molar-refractivity contribution < 1.29 is 14.3 Å². The molecule has 4 rings (SSSR count). The lowest BCUT2D eigenvalue weighted by molar-refractivity contribution is 0.0443. The van der Waals surface area contributed by atoms with Gasteiger partial charge in [0, 0.05) is 17.8 Å². The number of esters is 2. The van der Waals surface area contributed by atoms with Crippen molar-refractivity contribution in [2.75, 3.05) is 0 Å². The third-order valence-corrected chi connectivity index (χ3v) is 3.27. The highest BCUT2D eigenvalue weighted by Gasteiger charge is 2.34. The molecular weight excluding hydrogens is 230 g/mol. The van der Waals surface area contributed by atoms with Gasteiger partial charge in [-0.2, -0.15) is 0 Å². The van der Waals surface area contributed by atoms with E-state index in [9.17, 15) is 9.59 Å². The van der Waals surface area contributed by atoms with Gasteiger partial charge in [-0.1, -0.05) is 24.3 Å². The summed E-state index contributed by atoms with van der Waals surface area (Å²) in [4.78, 5) is 23.3. The summed E-state index contributed by atoms with van der Waals surface area (Å²) in [6.07, 6.45) is 3.49. The summed E-state index contributed by atoms with van der Waals surface area (Å²) in [7, 11) is 0. The predicted molar refractivity (Wildman–Crippen MR) is 64.6 cm³/mol. The zero-order valence-corrected chi connectivity index (χ0v) is 9.21. The Morgan fingerprint density at radius 1 is 1.00 bits per heavy atom. The van der Waals surface area contributed by atoms with Gasteiger partial charge in [0.05, 0.1) is 11.1 Å². The molecule has 1 aliphatic heterocycles. The number of hydrogen-bond acceptors (Lipinski definition) is 3. The monoisotopic (exact) mass is 237 g/mol. The molecule has 0 saturated carbocycles. The van der Waals surface area contributed by atoms with Crippen molar-refractivity contribution >= 4 is 28.2 Å². The maximum Gasteiger partial charge on any atom is 0.349 e. The van der Waals surface area contributed by atoms with Crippen molar-refractivity contribution in [3.63, 3.8) is 0 Å². The first-order chi connectivity index (χ1) is 8.75.